The van der Waals surface area contributed by atoms with Crippen molar-refractivity contribution in [3.05, 3.63) is 24.2 Å². The average molecular weight is 275 g/mol. The standard InChI is InChI=1S/C11H21N3O3S/c1-12-7-5-8-13(2)18(15,16)14(3)10-11-6-4-9-17-11/h4,6,9,12H,5,7-8,10H2,1-3H3. The van der Waals surface area contributed by atoms with Crippen molar-refractivity contribution in [1.29, 1.82) is 0 Å². The van der Waals surface area contributed by atoms with E-state index in [0.29, 0.717) is 12.3 Å². The van der Waals surface area contributed by atoms with Crippen LogP contribution in [-0.4, -0.2) is 51.3 Å². The summed E-state index contributed by atoms with van der Waals surface area (Å²) in [6, 6.07) is 3.50. The van der Waals surface area contributed by atoms with Gasteiger partial charge >= 0.3 is 0 Å². The summed E-state index contributed by atoms with van der Waals surface area (Å²) in [4.78, 5) is 0. The van der Waals surface area contributed by atoms with E-state index in [2.05, 4.69) is 5.32 Å². The molecule has 1 aromatic rings. The quantitative estimate of drug-likeness (QED) is 0.702. The molecule has 0 fully saturated rings. The summed E-state index contributed by atoms with van der Waals surface area (Å²) in [5.74, 6) is 0.629. The molecule has 0 aliphatic carbocycles. The van der Waals surface area contributed by atoms with Crippen LogP contribution in [0.5, 0.6) is 0 Å². The topological polar surface area (TPSA) is 65.8 Å². The van der Waals surface area contributed by atoms with E-state index in [-0.39, 0.29) is 6.54 Å². The lowest BCUT2D eigenvalue weighted by Gasteiger charge is -2.23. The number of furan rings is 1. The van der Waals surface area contributed by atoms with E-state index in [1.54, 1.807) is 26.2 Å². The molecule has 18 heavy (non-hydrogen) atoms. The second-order valence-corrected chi connectivity index (χ2v) is 6.26. The minimum absolute atomic E-state index is 0.242. The number of hydrogen-bond acceptors (Lipinski definition) is 4. The molecule has 0 saturated carbocycles. The van der Waals surface area contributed by atoms with E-state index < -0.39 is 10.2 Å². The van der Waals surface area contributed by atoms with Crippen molar-refractivity contribution in [1.82, 2.24) is 13.9 Å². The first-order valence-corrected chi connectivity index (χ1v) is 7.22. The van der Waals surface area contributed by atoms with E-state index in [9.17, 15) is 8.42 Å². The van der Waals surface area contributed by atoms with Gasteiger partial charge in [-0.2, -0.15) is 17.0 Å². The van der Waals surface area contributed by atoms with Crippen molar-refractivity contribution < 1.29 is 12.8 Å². The van der Waals surface area contributed by atoms with Gasteiger partial charge in [-0.25, -0.2) is 0 Å². The minimum Gasteiger partial charge on any atom is -0.468 e. The molecule has 6 nitrogen and oxygen atoms in total. The normalized spacial score (nSPS) is 12.5. The minimum atomic E-state index is -3.42. The maximum atomic E-state index is 12.1. The summed E-state index contributed by atoms with van der Waals surface area (Å²) in [5, 5.41) is 2.99. The van der Waals surface area contributed by atoms with Gasteiger partial charge in [0.2, 0.25) is 0 Å². The van der Waals surface area contributed by atoms with E-state index in [1.165, 1.54) is 14.9 Å². The third-order valence-corrected chi connectivity index (χ3v) is 4.53. The van der Waals surface area contributed by atoms with Gasteiger partial charge in [0.05, 0.1) is 12.8 Å². The van der Waals surface area contributed by atoms with Gasteiger partial charge in [-0.1, -0.05) is 0 Å². The third-order valence-electron chi connectivity index (χ3n) is 2.65. The van der Waals surface area contributed by atoms with Crippen LogP contribution >= 0.6 is 0 Å². The Balaban J connectivity index is 2.56. The lowest BCUT2D eigenvalue weighted by Crippen LogP contribution is -2.40. The lowest BCUT2D eigenvalue weighted by molar-refractivity contribution is 0.361. The third kappa shape index (κ3) is 4.09. The van der Waals surface area contributed by atoms with Crippen LogP contribution in [0.1, 0.15) is 12.2 Å². The molecule has 7 heteroatoms. The second-order valence-electron chi connectivity index (χ2n) is 4.12. The van der Waals surface area contributed by atoms with Gasteiger partial charge in [-0.15, -0.1) is 0 Å². The number of nitrogens with one attached hydrogen (secondary N) is 1. The molecule has 0 aliphatic heterocycles. The number of nitrogens with zero attached hydrogens (tertiary/aromatic N) is 2. The summed E-state index contributed by atoms with van der Waals surface area (Å²) >= 11 is 0. The largest absolute Gasteiger partial charge is 0.468 e. The zero-order valence-electron chi connectivity index (χ0n) is 11.1. The Kier molecular flexibility index (Phi) is 5.80. The zero-order chi connectivity index (χ0) is 13.6. The van der Waals surface area contributed by atoms with Crippen LogP contribution in [0.4, 0.5) is 0 Å². The van der Waals surface area contributed by atoms with Crippen LogP contribution in [0.25, 0.3) is 0 Å². The number of hydrogen-bond donors (Lipinski definition) is 1. The molecule has 104 valence electrons. The maximum absolute atomic E-state index is 12.1. The monoisotopic (exact) mass is 275 g/mol. The first kappa shape index (κ1) is 15.2. The molecule has 1 N–H and O–H groups in total. The summed E-state index contributed by atoms with van der Waals surface area (Å²) in [6.45, 7) is 1.53. The molecule has 0 spiro atoms. The van der Waals surface area contributed by atoms with E-state index >= 15 is 0 Å². The molecule has 1 aromatic heterocycles. The predicted molar refractivity (Wildman–Crippen MR) is 70.3 cm³/mol. The highest BCUT2D eigenvalue weighted by atomic mass is 32.2. The molecule has 1 heterocycles. The SMILES string of the molecule is CNCCCN(C)S(=O)(=O)N(C)Cc1ccco1. The van der Waals surface area contributed by atoms with Gasteiger partial charge < -0.3 is 9.73 Å². The Hall–Kier alpha value is -0.890. The fourth-order valence-electron chi connectivity index (χ4n) is 1.54. The van der Waals surface area contributed by atoms with E-state index in [0.717, 1.165) is 13.0 Å². The molecule has 0 saturated heterocycles. The van der Waals surface area contributed by atoms with Gasteiger partial charge in [0.1, 0.15) is 5.76 Å². The molecule has 0 radical (unpaired) electrons. The van der Waals surface area contributed by atoms with Crippen LogP contribution in [0, 0.1) is 0 Å². The molecule has 0 amide bonds. The molecular formula is C11H21N3O3S. The first-order valence-electron chi connectivity index (χ1n) is 5.83. The van der Waals surface area contributed by atoms with Gasteiger partial charge in [0.15, 0.2) is 0 Å². The van der Waals surface area contributed by atoms with Crippen molar-refractivity contribution in [2.75, 3.05) is 34.2 Å². The summed E-state index contributed by atoms with van der Waals surface area (Å²) in [5.41, 5.74) is 0. The summed E-state index contributed by atoms with van der Waals surface area (Å²) in [7, 11) is 1.56. The van der Waals surface area contributed by atoms with Crippen LogP contribution in [-0.2, 0) is 16.8 Å². The Morgan fingerprint density at radius 1 is 1.33 bits per heavy atom. The Morgan fingerprint density at radius 3 is 2.61 bits per heavy atom. The molecule has 0 atom stereocenters. The Labute approximate surface area is 109 Å². The van der Waals surface area contributed by atoms with Crippen molar-refractivity contribution >= 4 is 10.2 Å². The molecule has 0 bridgehead atoms. The lowest BCUT2D eigenvalue weighted by atomic mass is 10.4. The predicted octanol–water partition coefficient (Wildman–Crippen LogP) is 0.498. The highest BCUT2D eigenvalue weighted by Gasteiger charge is 2.23. The van der Waals surface area contributed by atoms with Crippen LogP contribution in [0.2, 0.25) is 0 Å². The first-order chi connectivity index (χ1) is 8.48. The van der Waals surface area contributed by atoms with Gasteiger partial charge in [0.25, 0.3) is 10.2 Å². The highest BCUT2D eigenvalue weighted by Crippen LogP contribution is 2.10. The van der Waals surface area contributed by atoms with Crippen molar-refractivity contribution in [2.24, 2.45) is 0 Å². The Morgan fingerprint density at radius 2 is 2.06 bits per heavy atom. The zero-order valence-corrected chi connectivity index (χ0v) is 11.9. The van der Waals surface area contributed by atoms with Crippen molar-refractivity contribution in [3.63, 3.8) is 0 Å². The highest BCUT2D eigenvalue weighted by molar-refractivity contribution is 7.86. The summed E-state index contributed by atoms with van der Waals surface area (Å²) in [6.07, 6.45) is 2.31. The van der Waals surface area contributed by atoms with Gasteiger partial charge in [-0.05, 0) is 32.1 Å². The van der Waals surface area contributed by atoms with Crippen molar-refractivity contribution in [2.45, 2.75) is 13.0 Å². The van der Waals surface area contributed by atoms with Crippen molar-refractivity contribution in [3.8, 4) is 0 Å². The van der Waals surface area contributed by atoms with Gasteiger partial charge in [-0.3, -0.25) is 0 Å². The van der Waals surface area contributed by atoms with E-state index in [1.807, 2.05) is 7.05 Å². The molecular weight excluding hydrogens is 254 g/mol. The van der Waals surface area contributed by atoms with E-state index in [4.69, 9.17) is 4.42 Å². The average Bonchev–Trinajstić information content (AvgIpc) is 2.81. The maximum Gasteiger partial charge on any atom is 0.281 e. The van der Waals surface area contributed by atoms with Crippen LogP contribution in [0.3, 0.4) is 0 Å². The molecule has 0 unspecified atom stereocenters. The van der Waals surface area contributed by atoms with Gasteiger partial charge in [0, 0.05) is 20.6 Å². The fourth-order valence-corrected chi connectivity index (χ4v) is 2.66. The summed E-state index contributed by atoms with van der Waals surface area (Å²) < 4.78 is 32.1. The fraction of sp³-hybridized carbons (Fsp3) is 0.636. The molecule has 0 aliphatic rings. The smallest absolute Gasteiger partial charge is 0.281 e. The van der Waals surface area contributed by atoms with Crippen LogP contribution < -0.4 is 5.32 Å². The Bertz CT molecular complexity index is 430. The number of rotatable bonds is 8. The second kappa shape index (κ2) is 6.89. The molecule has 1 rings (SSSR count). The van der Waals surface area contributed by atoms with Crippen LogP contribution in [0.15, 0.2) is 22.8 Å². The molecule has 0 aromatic carbocycles.